The lowest BCUT2D eigenvalue weighted by atomic mass is 9.98. The van der Waals surface area contributed by atoms with Gasteiger partial charge in [-0.05, 0) is 53.8 Å². The first-order valence-corrected chi connectivity index (χ1v) is 15.7. The molecule has 0 saturated carbocycles. The molecule has 1 aliphatic rings. The van der Waals surface area contributed by atoms with E-state index in [2.05, 4.69) is 15.0 Å². The Balaban J connectivity index is 1.57. The topological polar surface area (TPSA) is 188 Å². The Morgan fingerprint density at radius 2 is 1.89 bits per heavy atom. The summed E-state index contributed by atoms with van der Waals surface area (Å²) in [7, 11) is -3.11. The van der Waals surface area contributed by atoms with Crippen molar-refractivity contribution in [2.45, 2.75) is 36.7 Å². The molecule has 1 saturated heterocycles. The summed E-state index contributed by atoms with van der Waals surface area (Å²) in [6.45, 7) is 0.835. The quantitative estimate of drug-likeness (QED) is 0.131. The van der Waals surface area contributed by atoms with E-state index in [1.54, 1.807) is 41.3 Å². The van der Waals surface area contributed by atoms with Gasteiger partial charge >= 0.3 is 5.97 Å². The van der Waals surface area contributed by atoms with Crippen LogP contribution in [-0.2, 0) is 35.7 Å². The van der Waals surface area contributed by atoms with Crippen LogP contribution in [0.2, 0.25) is 0 Å². The van der Waals surface area contributed by atoms with Crippen LogP contribution in [0.4, 0.5) is 0 Å². The number of guanidine groups is 1. The number of sulfonamides is 1. The molecule has 1 aliphatic heterocycles. The van der Waals surface area contributed by atoms with Crippen molar-refractivity contribution < 1.29 is 27.5 Å². The molecule has 2 aromatic carbocycles. The third-order valence-corrected chi connectivity index (χ3v) is 8.87. The highest BCUT2D eigenvalue weighted by Gasteiger charge is 2.33. The average molecular weight is 624 g/mol. The number of hydrogen-bond acceptors (Lipinski definition) is 8. The molecule has 14 heteroatoms. The first kappa shape index (κ1) is 32.4. The molecule has 234 valence electrons. The lowest BCUT2D eigenvalue weighted by Gasteiger charge is -2.33. The maximum Gasteiger partial charge on any atom is 0.325 e. The van der Waals surface area contributed by atoms with E-state index in [1.165, 1.54) is 25.4 Å². The molecular formula is C30H37N7O6S. The fraction of sp³-hybridized carbons (Fsp3) is 0.367. The molecule has 44 heavy (non-hydrogen) atoms. The maximum absolute atomic E-state index is 13.9. The number of nitrogens with one attached hydrogen (secondary N) is 3. The summed E-state index contributed by atoms with van der Waals surface area (Å²) >= 11 is 0. The minimum absolute atomic E-state index is 0.0278. The number of ether oxygens (including phenoxy) is 1. The number of likely N-dealkylation sites (tertiary alicyclic amines) is 1. The summed E-state index contributed by atoms with van der Waals surface area (Å²) in [6, 6.07) is 15.3. The molecule has 4 rings (SSSR count). The van der Waals surface area contributed by atoms with E-state index in [0.717, 1.165) is 23.1 Å². The van der Waals surface area contributed by atoms with Crippen molar-refractivity contribution in [3.63, 3.8) is 0 Å². The number of fused-ring (bicyclic) bond motifs is 1. The predicted molar refractivity (Wildman–Crippen MR) is 164 cm³/mol. The number of aromatic nitrogens is 1. The van der Waals surface area contributed by atoms with Gasteiger partial charge in [-0.25, -0.2) is 8.42 Å². The van der Waals surface area contributed by atoms with Crippen molar-refractivity contribution in [1.29, 1.82) is 5.41 Å². The molecule has 13 nitrogen and oxygen atoms in total. The van der Waals surface area contributed by atoms with Gasteiger partial charge in [0.1, 0.15) is 12.6 Å². The van der Waals surface area contributed by atoms with E-state index in [1.807, 2.05) is 12.1 Å². The van der Waals surface area contributed by atoms with Crippen molar-refractivity contribution in [3.8, 4) is 0 Å². The zero-order valence-electron chi connectivity index (χ0n) is 24.4. The van der Waals surface area contributed by atoms with E-state index < -0.39 is 46.8 Å². The molecule has 2 amide bonds. The van der Waals surface area contributed by atoms with Crippen LogP contribution in [0.25, 0.3) is 10.8 Å². The standard InChI is InChI=1S/C30H37N7O6S/c1-43-28(39)20-37(19-24-10-4-5-13-33-24)29(40)26(16-27(38)34-17-21-7-6-14-36(18-21)30(31)32)35-44(41,42)25-12-11-22-8-2-3-9-23(22)15-25/h2-5,8-13,15,21,26,35H,6-7,14,16-20H2,1H3,(H3,31,32)(H,34,38)/t21-,26-/m0/s1. The van der Waals surface area contributed by atoms with Gasteiger partial charge in [0.2, 0.25) is 21.8 Å². The van der Waals surface area contributed by atoms with E-state index in [0.29, 0.717) is 24.2 Å². The van der Waals surface area contributed by atoms with Crippen molar-refractivity contribution in [1.82, 2.24) is 24.8 Å². The molecular weight excluding hydrogens is 586 g/mol. The van der Waals surface area contributed by atoms with Crippen LogP contribution in [0, 0.1) is 11.3 Å². The molecule has 0 radical (unpaired) electrons. The van der Waals surface area contributed by atoms with Gasteiger partial charge in [-0.15, -0.1) is 0 Å². The summed E-state index contributed by atoms with van der Waals surface area (Å²) in [6.07, 6.45) is 2.64. The van der Waals surface area contributed by atoms with Crippen molar-refractivity contribution >= 4 is 44.5 Å². The Morgan fingerprint density at radius 3 is 2.59 bits per heavy atom. The van der Waals surface area contributed by atoms with Gasteiger partial charge in [-0.3, -0.25) is 24.8 Å². The lowest BCUT2D eigenvalue weighted by Crippen LogP contribution is -2.52. The monoisotopic (exact) mass is 623 g/mol. The average Bonchev–Trinajstić information content (AvgIpc) is 3.03. The number of hydrogen-bond donors (Lipinski definition) is 4. The molecule has 0 aliphatic carbocycles. The van der Waals surface area contributed by atoms with E-state index in [-0.39, 0.29) is 29.9 Å². The number of carbonyl (C=O) groups excluding carboxylic acids is 3. The number of methoxy groups -OCH3 is 1. The molecule has 2 atom stereocenters. The van der Waals surface area contributed by atoms with E-state index in [4.69, 9.17) is 15.9 Å². The molecule has 0 unspecified atom stereocenters. The number of esters is 1. The number of benzene rings is 2. The number of carbonyl (C=O) groups is 3. The first-order valence-electron chi connectivity index (χ1n) is 14.2. The summed E-state index contributed by atoms with van der Waals surface area (Å²) in [4.78, 5) is 46.3. The van der Waals surface area contributed by atoms with Gasteiger partial charge in [0, 0.05) is 25.8 Å². The Bertz CT molecular complexity index is 1600. The summed E-state index contributed by atoms with van der Waals surface area (Å²) < 4.78 is 34.4. The second-order valence-corrected chi connectivity index (χ2v) is 12.3. The zero-order valence-corrected chi connectivity index (χ0v) is 25.3. The highest BCUT2D eigenvalue weighted by Crippen LogP contribution is 2.20. The van der Waals surface area contributed by atoms with Gasteiger partial charge in [-0.1, -0.05) is 36.4 Å². The highest BCUT2D eigenvalue weighted by atomic mass is 32.2. The lowest BCUT2D eigenvalue weighted by molar-refractivity contribution is -0.148. The maximum atomic E-state index is 13.9. The van der Waals surface area contributed by atoms with Gasteiger partial charge in [0.15, 0.2) is 5.96 Å². The Kier molecular flexibility index (Phi) is 10.8. The Hall–Kier alpha value is -4.56. The number of pyridine rings is 1. The normalized spacial score (nSPS) is 15.8. The minimum Gasteiger partial charge on any atom is -0.468 e. The molecule has 1 aromatic heterocycles. The van der Waals surface area contributed by atoms with Crippen LogP contribution in [-0.4, -0.2) is 86.3 Å². The van der Waals surface area contributed by atoms with Crippen molar-refractivity contribution in [3.05, 3.63) is 72.6 Å². The van der Waals surface area contributed by atoms with Gasteiger partial charge in [-0.2, -0.15) is 4.72 Å². The Labute approximate surface area is 256 Å². The van der Waals surface area contributed by atoms with Crippen LogP contribution < -0.4 is 15.8 Å². The van der Waals surface area contributed by atoms with Gasteiger partial charge in [0.05, 0.1) is 30.7 Å². The van der Waals surface area contributed by atoms with Crippen LogP contribution >= 0.6 is 0 Å². The highest BCUT2D eigenvalue weighted by molar-refractivity contribution is 7.89. The minimum atomic E-state index is -4.29. The third-order valence-electron chi connectivity index (χ3n) is 7.40. The molecule has 3 aromatic rings. The van der Waals surface area contributed by atoms with Crippen LogP contribution in [0.5, 0.6) is 0 Å². The molecule has 0 bridgehead atoms. The van der Waals surface area contributed by atoms with Crippen molar-refractivity contribution in [2.24, 2.45) is 11.7 Å². The SMILES string of the molecule is COC(=O)CN(Cc1ccccn1)C(=O)[C@H](CC(=O)NC[C@@H]1CCCN(C(=N)N)C1)NS(=O)(=O)c1ccc2ccccc2c1. The number of amides is 2. The third kappa shape index (κ3) is 8.74. The summed E-state index contributed by atoms with van der Waals surface area (Å²) in [5.74, 6) is -2.07. The number of rotatable bonds is 12. The molecule has 5 N–H and O–H groups in total. The second-order valence-electron chi connectivity index (χ2n) is 10.6. The van der Waals surface area contributed by atoms with E-state index >= 15 is 0 Å². The second kappa shape index (κ2) is 14.8. The zero-order chi connectivity index (χ0) is 31.7. The number of nitrogens with two attached hydrogens (primary N) is 1. The largest absolute Gasteiger partial charge is 0.468 e. The molecule has 1 fully saturated rings. The van der Waals surface area contributed by atoms with Crippen molar-refractivity contribution in [2.75, 3.05) is 33.3 Å². The predicted octanol–water partition coefficient (Wildman–Crippen LogP) is 1.20. The van der Waals surface area contributed by atoms with Crippen LogP contribution in [0.1, 0.15) is 25.0 Å². The summed E-state index contributed by atoms with van der Waals surface area (Å²) in [5.41, 5.74) is 6.08. The first-order chi connectivity index (χ1) is 21.1. The smallest absolute Gasteiger partial charge is 0.325 e. The van der Waals surface area contributed by atoms with Crippen LogP contribution in [0.15, 0.2) is 71.8 Å². The summed E-state index contributed by atoms with van der Waals surface area (Å²) in [5, 5.41) is 12.0. The molecule has 0 spiro atoms. The number of piperidine rings is 1. The Morgan fingerprint density at radius 1 is 1.14 bits per heavy atom. The van der Waals surface area contributed by atoms with E-state index in [9.17, 15) is 22.8 Å². The van der Waals surface area contributed by atoms with Gasteiger partial charge < -0.3 is 25.6 Å². The molecule has 2 heterocycles. The van der Waals surface area contributed by atoms with Crippen LogP contribution in [0.3, 0.4) is 0 Å². The number of nitrogens with zero attached hydrogens (tertiary/aromatic N) is 3. The fourth-order valence-corrected chi connectivity index (χ4v) is 6.30. The fourth-order valence-electron chi connectivity index (χ4n) is 5.08. The van der Waals surface area contributed by atoms with Gasteiger partial charge in [0.25, 0.3) is 0 Å².